The molecule has 0 aliphatic rings. The summed E-state index contributed by atoms with van der Waals surface area (Å²) in [5.74, 6) is 0. The van der Waals surface area contributed by atoms with E-state index in [4.69, 9.17) is 4.74 Å². The van der Waals surface area contributed by atoms with Crippen molar-refractivity contribution in [3.63, 3.8) is 0 Å². The van der Waals surface area contributed by atoms with Crippen molar-refractivity contribution in [1.82, 2.24) is 10.3 Å². The van der Waals surface area contributed by atoms with Crippen molar-refractivity contribution in [3.05, 3.63) is 40.3 Å². The van der Waals surface area contributed by atoms with Gasteiger partial charge in [-0.1, -0.05) is 6.08 Å². The zero-order chi connectivity index (χ0) is 13.6. The second-order valence-corrected chi connectivity index (χ2v) is 4.76. The average molecular weight is 250 g/mol. The van der Waals surface area contributed by atoms with Crippen molar-refractivity contribution in [3.8, 4) is 0 Å². The first-order valence-corrected chi connectivity index (χ1v) is 5.69. The molecule has 1 rings (SSSR count). The molecule has 98 valence electrons. The highest BCUT2D eigenvalue weighted by molar-refractivity contribution is 5.68. The van der Waals surface area contributed by atoms with Crippen molar-refractivity contribution in [2.45, 2.75) is 26.4 Å². The van der Waals surface area contributed by atoms with E-state index in [0.717, 1.165) is 0 Å². The largest absolute Gasteiger partial charge is 0.444 e. The molecule has 0 aliphatic heterocycles. The fraction of sp³-hybridized carbons (Fsp3) is 0.385. The number of hydrogen-bond acceptors (Lipinski definition) is 3. The number of aromatic amines is 1. The number of ether oxygens (including phenoxy) is 1. The molecule has 1 aromatic heterocycles. The number of pyridine rings is 1. The average Bonchev–Trinajstić information content (AvgIpc) is 2.22. The Hall–Kier alpha value is -2.04. The van der Waals surface area contributed by atoms with Crippen molar-refractivity contribution in [1.29, 1.82) is 0 Å². The van der Waals surface area contributed by atoms with Gasteiger partial charge in [0.05, 0.1) is 0 Å². The summed E-state index contributed by atoms with van der Waals surface area (Å²) in [6.07, 6.45) is 4.56. The molecule has 0 saturated carbocycles. The molecule has 0 spiro atoms. The van der Waals surface area contributed by atoms with Crippen molar-refractivity contribution in [2.75, 3.05) is 6.54 Å². The van der Waals surface area contributed by atoms with Gasteiger partial charge in [0.1, 0.15) is 5.60 Å². The first-order valence-electron chi connectivity index (χ1n) is 5.69. The van der Waals surface area contributed by atoms with E-state index in [2.05, 4.69) is 10.3 Å². The van der Waals surface area contributed by atoms with Crippen molar-refractivity contribution >= 4 is 12.2 Å². The lowest BCUT2D eigenvalue weighted by molar-refractivity contribution is 0.0534. The van der Waals surface area contributed by atoms with Crippen molar-refractivity contribution in [2.24, 2.45) is 0 Å². The summed E-state index contributed by atoms with van der Waals surface area (Å²) in [5, 5.41) is 2.58. The minimum atomic E-state index is -0.502. The van der Waals surface area contributed by atoms with Gasteiger partial charge in [0.15, 0.2) is 5.43 Å². The molecule has 18 heavy (non-hydrogen) atoms. The predicted octanol–water partition coefficient (Wildman–Crippen LogP) is 1.91. The summed E-state index contributed by atoms with van der Waals surface area (Å²) < 4.78 is 5.07. The van der Waals surface area contributed by atoms with E-state index in [1.807, 2.05) is 0 Å². The van der Waals surface area contributed by atoms with Gasteiger partial charge in [-0.15, -0.1) is 0 Å². The smallest absolute Gasteiger partial charge is 0.407 e. The van der Waals surface area contributed by atoms with Crippen LogP contribution in [-0.4, -0.2) is 23.2 Å². The first-order chi connectivity index (χ1) is 8.37. The summed E-state index contributed by atoms with van der Waals surface area (Å²) in [5.41, 5.74) is 0.125. The van der Waals surface area contributed by atoms with Crippen LogP contribution in [0, 0.1) is 0 Å². The van der Waals surface area contributed by atoms with Crippen LogP contribution in [0.25, 0.3) is 6.08 Å². The van der Waals surface area contributed by atoms with Gasteiger partial charge < -0.3 is 15.0 Å². The van der Waals surface area contributed by atoms with E-state index >= 15 is 0 Å². The number of alkyl carbamates (subject to hydrolysis) is 1. The molecule has 0 radical (unpaired) electrons. The summed E-state index contributed by atoms with van der Waals surface area (Å²) >= 11 is 0. The molecule has 0 aliphatic carbocycles. The lowest BCUT2D eigenvalue weighted by atomic mass is 10.2. The summed E-state index contributed by atoms with van der Waals surface area (Å²) in [4.78, 5) is 25.2. The topological polar surface area (TPSA) is 71.2 Å². The van der Waals surface area contributed by atoms with Gasteiger partial charge in [0.2, 0.25) is 0 Å². The van der Waals surface area contributed by atoms with Crippen LogP contribution in [-0.2, 0) is 4.74 Å². The highest BCUT2D eigenvalue weighted by Crippen LogP contribution is 2.06. The number of aromatic nitrogens is 1. The number of H-pyrrole nitrogens is 1. The fourth-order valence-electron chi connectivity index (χ4n) is 1.20. The molecule has 1 aromatic rings. The monoisotopic (exact) mass is 250 g/mol. The zero-order valence-corrected chi connectivity index (χ0v) is 10.8. The maximum atomic E-state index is 11.3. The molecule has 1 amide bonds. The van der Waals surface area contributed by atoms with E-state index in [9.17, 15) is 9.59 Å². The van der Waals surface area contributed by atoms with Crippen LogP contribution >= 0.6 is 0 Å². The molecule has 2 N–H and O–H groups in total. The van der Waals surface area contributed by atoms with Crippen LogP contribution < -0.4 is 10.7 Å². The van der Waals surface area contributed by atoms with E-state index in [1.165, 1.54) is 12.1 Å². The second kappa shape index (κ2) is 6.05. The Morgan fingerprint density at radius 2 is 2.22 bits per heavy atom. The third-order valence-corrected chi connectivity index (χ3v) is 1.86. The fourth-order valence-corrected chi connectivity index (χ4v) is 1.20. The summed E-state index contributed by atoms with van der Waals surface area (Å²) in [6.45, 7) is 5.75. The van der Waals surface area contributed by atoms with Gasteiger partial charge in [-0.05, 0) is 26.8 Å². The Morgan fingerprint density at radius 1 is 1.50 bits per heavy atom. The van der Waals surface area contributed by atoms with Crippen molar-refractivity contribution < 1.29 is 9.53 Å². The number of rotatable bonds is 3. The zero-order valence-electron chi connectivity index (χ0n) is 10.8. The van der Waals surface area contributed by atoms with Crippen LogP contribution in [0.3, 0.4) is 0 Å². The van der Waals surface area contributed by atoms with Crippen LogP contribution in [0.5, 0.6) is 0 Å². The molecule has 0 fully saturated rings. The molecule has 5 nitrogen and oxygen atoms in total. The van der Waals surface area contributed by atoms with Gasteiger partial charge in [0, 0.05) is 30.6 Å². The Labute approximate surface area is 106 Å². The quantitative estimate of drug-likeness (QED) is 0.860. The first kappa shape index (κ1) is 14.0. The molecule has 5 heteroatoms. The molecule has 0 saturated heterocycles. The molecule has 0 atom stereocenters. The minimum absolute atomic E-state index is 0.0616. The van der Waals surface area contributed by atoms with Crippen LogP contribution in [0.1, 0.15) is 26.5 Å². The molecule has 0 aromatic carbocycles. The maximum absolute atomic E-state index is 11.3. The van der Waals surface area contributed by atoms with E-state index in [1.54, 1.807) is 39.1 Å². The standard InChI is InChI=1S/C13H18N2O3/c1-13(2,3)18-12(17)15-7-4-5-10-9-11(16)6-8-14-10/h4-6,8-9H,7H2,1-3H3,(H,14,16)(H,15,17). The van der Waals surface area contributed by atoms with E-state index < -0.39 is 11.7 Å². The minimum Gasteiger partial charge on any atom is -0.444 e. The van der Waals surface area contributed by atoms with Crippen LogP contribution in [0.4, 0.5) is 4.79 Å². The number of carbonyl (C=O) groups is 1. The van der Waals surface area contributed by atoms with E-state index in [-0.39, 0.29) is 5.43 Å². The van der Waals surface area contributed by atoms with Gasteiger partial charge >= 0.3 is 6.09 Å². The predicted molar refractivity (Wildman–Crippen MR) is 70.3 cm³/mol. The lowest BCUT2D eigenvalue weighted by Crippen LogP contribution is -2.32. The molecular weight excluding hydrogens is 232 g/mol. The third-order valence-electron chi connectivity index (χ3n) is 1.86. The van der Waals surface area contributed by atoms with Gasteiger partial charge in [-0.25, -0.2) is 4.79 Å². The van der Waals surface area contributed by atoms with Crippen LogP contribution in [0.15, 0.2) is 29.2 Å². The molecule has 0 bridgehead atoms. The maximum Gasteiger partial charge on any atom is 0.407 e. The normalized spacial score (nSPS) is 11.5. The van der Waals surface area contributed by atoms with E-state index in [0.29, 0.717) is 12.2 Å². The van der Waals surface area contributed by atoms with Crippen LogP contribution in [0.2, 0.25) is 0 Å². The summed E-state index contributed by atoms with van der Waals surface area (Å²) in [7, 11) is 0. The Kier molecular flexibility index (Phi) is 4.71. The Balaban J connectivity index is 2.38. The third kappa shape index (κ3) is 5.89. The highest BCUT2D eigenvalue weighted by atomic mass is 16.6. The number of nitrogens with one attached hydrogen (secondary N) is 2. The Morgan fingerprint density at radius 3 is 2.83 bits per heavy atom. The molecule has 1 heterocycles. The van der Waals surface area contributed by atoms with Gasteiger partial charge in [0.25, 0.3) is 0 Å². The number of amides is 1. The number of carbonyl (C=O) groups excluding carboxylic acids is 1. The SMILES string of the molecule is CC(C)(C)OC(=O)NCC=Cc1cc(=O)cc[nH]1. The van der Waals surface area contributed by atoms with Gasteiger partial charge in [-0.3, -0.25) is 4.79 Å². The highest BCUT2D eigenvalue weighted by Gasteiger charge is 2.14. The summed E-state index contributed by atoms with van der Waals surface area (Å²) in [6, 6.07) is 2.92. The van der Waals surface area contributed by atoms with Gasteiger partial charge in [-0.2, -0.15) is 0 Å². The second-order valence-electron chi connectivity index (χ2n) is 4.76. The Bertz CT molecular complexity index is 483. The lowest BCUT2D eigenvalue weighted by Gasteiger charge is -2.19. The number of hydrogen-bond donors (Lipinski definition) is 2. The molecule has 0 unspecified atom stereocenters. The molecular formula is C13H18N2O3.